The van der Waals surface area contributed by atoms with Gasteiger partial charge in [-0.2, -0.15) is 0 Å². The van der Waals surface area contributed by atoms with Gasteiger partial charge >= 0.3 is 11.9 Å². The maximum absolute atomic E-state index is 12.4. The van der Waals surface area contributed by atoms with E-state index in [1.807, 2.05) is 0 Å². The minimum absolute atomic E-state index is 0.211. The molecule has 0 radical (unpaired) electrons. The second-order valence-electron chi connectivity index (χ2n) is 6.98. The molecule has 0 aromatic heterocycles. The Labute approximate surface area is 194 Å². The molecule has 0 rings (SSSR count). The maximum Gasteiger partial charge on any atom is 0.305 e. The summed E-state index contributed by atoms with van der Waals surface area (Å²) in [6.07, 6.45) is 0.136. The second-order valence-corrected chi connectivity index (χ2v) is 7.84. The Balaban J connectivity index is 4.83. The van der Waals surface area contributed by atoms with Crippen LogP contribution in [0.5, 0.6) is 0 Å². The number of thioether (sulfide) groups is 1. The average Bonchev–Trinajstić information content (AvgIpc) is 2.72. The van der Waals surface area contributed by atoms with Gasteiger partial charge in [0.05, 0.1) is 38.5 Å². The molecule has 0 aliphatic heterocycles. The number of aliphatic carboxylic acids is 2. The lowest BCUT2D eigenvalue weighted by Gasteiger charge is -2.22. The van der Waals surface area contributed by atoms with Crippen LogP contribution in [-0.4, -0.2) is 94.9 Å². The summed E-state index contributed by atoms with van der Waals surface area (Å²) in [4.78, 5) is 81.2. The lowest BCUT2D eigenvalue weighted by molar-refractivity contribution is -0.142. The zero-order valence-corrected chi connectivity index (χ0v) is 19.2. The molecule has 0 saturated heterocycles. The van der Waals surface area contributed by atoms with Gasteiger partial charge in [-0.25, -0.2) is 0 Å². The first-order valence-electron chi connectivity index (χ1n) is 9.73. The molecular formula is C18H29N5O9S. The fourth-order valence-electron chi connectivity index (χ4n) is 2.30. The SMILES string of the molecule is CSC(=O)CNC(=O)CNC(=O)CNC(=O)C(CC(=O)O)NC(=O)C(CC(=O)O)NC(C)C. The molecule has 0 bridgehead atoms. The zero-order valence-electron chi connectivity index (χ0n) is 18.4. The first-order chi connectivity index (χ1) is 15.3. The molecule has 186 valence electrons. The summed E-state index contributed by atoms with van der Waals surface area (Å²) in [6, 6.07) is -3.06. The molecular weight excluding hydrogens is 462 g/mol. The van der Waals surface area contributed by atoms with E-state index in [1.54, 1.807) is 20.1 Å². The van der Waals surface area contributed by atoms with Crippen LogP contribution in [0.4, 0.5) is 0 Å². The van der Waals surface area contributed by atoms with Gasteiger partial charge in [0.1, 0.15) is 6.04 Å². The summed E-state index contributed by atoms with van der Waals surface area (Å²) < 4.78 is 0. The highest BCUT2D eigenvalue weighted by atomic mass is 32.2. The molecule has 0 heterocycles. The van der Waals surface area contributed by atoms with E-state index in [9.17, 15) is 33.6 Å². The first kappa shape index (κ1) is 29.8. The van der Waals surface area contributed by atoms with Crippen LogP contribution in [0.2, 0.25) is 0 Å². The van der Waals surface area contributed by atoms with Crippen molar-refractivity contribution < 1.29 is 43.8 Å². The van der Waals surface area contributed by atoms with Gasteiger partial charge in [-0.3, -0.25) is 33.6 Å². The van der Waals surface area contributed by atoms with Gasteiger partial charge in [0.15, 0.2) is 0 Å². The quantitative estimate of drug-likeness (QED) is 0.122. The molecule has 2 atom stereocenters. The molecule has 0 aromatic carbocycles. The Hall–Kier alpha value is -3.20. The summed E-state index contributed by atoms with van der Waals surface area (Å²) in [5, 5.41) is 29.2. The average molecular weight is 492 g/mol. The number of carboxylic acids is 2. The second kappa shape index (κ2) is 15.6. The van der Waals surface area contributed by atoms with Gasteiger partial charge in [0.25, 0.3) is 0 Å². The smallest absolute Gasteiger partial charge is 0.305 e. The number of carbonyl (C=O) groups is 7. The highest BCUT2D eigenvalue weighted by molar-refractivity contribution is 8.13. The third-order valence-corrected chi connectivity index (χ3v) is 4.37. The van der Waals surface area contributed by atoms with Gasteiger partial charge < -0.3 is 36.8 Å². The summed E-state index contributed by atoms with van der Waals surface area (Å²) >= 11 is 0.927. The number of hydrogen-bond donors (Lipinski definition) is 7. The molecule has 33 heavy (non-hydrogen) atoms. The fourth-order valence-corrected chi connectivity index (χ4v) is 2.51. The molecule has 0 fully saturated rings. The molecule has 7 N–H and O–H groups in total. The standard InChI is InChI=1S/C18H29N5O9S/c1-9(2)22-11(5-15(28)29)18(32)23-10(4-14(26)27)17(31)21-7-13(25)19-6-12(24)20-8-16(30)33-3/h9-11,22H,4-8H2,1-3H3,(H,19,25)(H,20,24)(H,21,31)(H,23,32)(H,26,27)(H,28,29). The summed E-state index contributed by atoms with van der Waals surface area (Å²) in [7, 11) is 0. The van der Waals surface area contributed by atoms with Gasteiger partial charge in [0, 0.05) is 6.04 Å². The third-order valence-electron chi connectivity index (χ3n) is 3.77. The van der Waals surface area contributed by atoms with E-state index < -0.39 is 73.6 Å². The molecule has 4 amide bonds. The van der Waals surface area contributed by atoms with Gasteiger partial charge in [-0.1, -0.05) is 25.6 Å². The molecule has 2 unspecified atom stereocenters. The van der Waals surface area contributed by atoms with E-state index in [0.717, 1.165) is 11.8 Å². The Morgan fingerprint density at radius 3 is 1.70 bits per heavy atom. The van der Waals surface area contributed by atoms with Crippen molar-refractivity contribution in [3.63, 3.8) is 0 Å². The summed E-state index contributed by atoms with van der Waals surface area (Å²) in [5.74, 6) is -5.98. The number of carboxylic acid groups (broad SMARTS) is 2. The zero-order chi connectivity index (χ0) is 25.6. The van der Waals surface area contributed by atoms with Crippen LogP contribution in [0.1, 0.15) is 26.7 Å². The van der Waals surface area contributed by atoms with Crippen molar-refractivity contribution in [1.29, 1.82) is 0 Å². The number of nitrogens with one attached hydrogen (secondary N) is 5. The summed E-state index contributed by atoms with van der Waals surface area (Å²) in [5.41, 5.74) is 0. The van der Waals surface area contributed by atoms with E-state index in [-0.39, 0.29) is 17.7 Å². The Bertz CT molecular complexity index is 760. The Morgan fingerprint density at radius 2 is 1.21 bits per heavy atom. The summed E-state index contributed by atoms with van der Waals surface area (Å²) in [6.45, 7) is 2.05. The minimum Gasteiger partial charge on any atom is -0.481 e. The minimum atomic E-state index is -1.58. The van der Waals surface area contributed by atoms with Crippen LogP contribution in [0, 0.1) is 0 Å². The van der Waals surface area contributed by atoms with Crippen LogP contribution >= 0.6 is 11.8 Å². The molecule has 0 aliphatic rings. The monoisotopic (exact) mass is 491 g/mol. The van der Waals surface area contributed by atoms with Crippen molar-refractivity contribution in [3.8, 4) is 0 Å². The van der Waals surface area contributed by atoms with Crippen LogP contribution in [0.25, 0.3) is 0 Å². The number of hydrogen-bond acceptors (Lipinski definition) is 9. The van der Waals surface area contributed by atoms with E-state index in [1.165, 1.54) is 0 Å². The predicted octanol–water partition coefficient (Wildman–Crippen LogP) is -2.97. The third kappa shape index (κ3) is 14.5. The van der Waals surface area contributed by atoms with E-state index in [0.29, 0.717) is 0 Å². The van der Waals surface area contributed by atoms with Crippen molar-refractivity contribution in [2.75, 3.05) is 25.9 Å². The van der Waals surface area contributed by atoms with Crippen LogP contribution in [0.15, 0.2) is 0 Å². The molecule has 15 heteroatoms. The molecule has 0 aromatic rings. The lowest BCUT2D eigenvalue weighted by atomic mass is 10.1. The molecule has 0 spiro atoms. The van der Waals surface area contributed by atoms with Crippen LogP contribution in [-0.2, 0) is 33.6 Å². The van der Waals surface area contributed by atoms with E-state index in [2.05, 4.69) is 26.6 Å². The van der Waals surface area contributed by atoms with Crippen molar-refractivity contribution in [1.82, 2.24) is 26.6 Å². The van der Waals surface area contributed by atoms with E-state index in [4.69, 9.17) is 10.2 Å². The number of rotatable bonds is 15. The largest absolute Gasteiger partial charge is 0.481 e. The van der Waals surface area contributed by atoms with Gasteiger partial charge in [0.2, 0.25) is 28.7 Å². The van der Waals surface area contributed by atoms with E-state index >= 15 is 0 Å². The Morgan fingerprint density at radius 1 is 0.727 bits per heavy atom. The highest BCUT2D eigenvalue weighted by Crippen LogP contribution is 2.00. The topological polar surface area (TPSA) is 220 Å². The van der Waals surface area contributed by atoms with Crippen molar-refractivity contribution >= 4 is 52.4 Å². The molecule has 0 aliphatic carbocycles. The maximum atomic E-state index is 12.4. The van der Waals surface area contributed by atoms with Crippen LogP contribution < -0.4 is 26.6 Å². The fraction of sp³-hybridized carbons (Fsp3) is 0.611. The van der Waals surface area contributed by atoms with Crippen molar-refractivity contribution in [2.45, 2.75) is 44.8 Å². The first-order valence-corrected chi connectivity index (χ1v) is 11.0. The number of amides is 4. The Kier molecular flexibility index (Phi) is 14.1. The molecule has 14 nitrogen and oxygen atoms in total. The lowest BCUT2D eigenvalue weighted by Crippen LogP contribution is -2.55. The van der Waals surface area contributed by atoms with Crippen LogP contribution in [0.3, 0.4) is 0 Å². The highest BCUT2D eigenvalue weighted by Gasteiger charge is 2.29. The number of carbonyl (C=O) groups excluding carboxylic acids is 5. The predicted molar refractivity (Wildman–Crippen MR) is 116 cm³/mol. The van der Waals surface area contributed by atoms with Crippen molar-refractivity contribution in [2.24, 2.45) is 0 Å². The van der Waals surface area contributed by atoms with Gasteiger partial charge in [-0.15, -0.1) is 0 Å². The normalized spacial score (nSPS) is 12.2. The molecule has 0 saturated carbocycles. The van der Waals surface area contributed by atoms with Gasteiger partial charge in [-0.05, 0) is 6.26 Å². The van der Waals surface area contributed by atoms with Crippen molar-refractivity contribution in [3.05, 3.63) is 0 Å².